The average molecular weight is 403 g/mol. The predicted octanol–water partition coefficient (Wildman–Crippen LogP) is 4.41. The SMILES string of the molecule is O=C(CC1=NCCc2cc3c(cc21)OCCCO3)Cc1ccc(C(F)(F)F)cc1. The molecule has 0 radical (unpaired) electrons. The van der Waals surface area contributed by atoms with Crippen LogP contribution in [0.5, 0.6) is 11.5 Å². The van der Waals surface area contributed by atoms with E-state index < -0.39 is 11.7 Å². The van der Waals surface area contributed by atoms with Gasteiger partial charge in [-0.1, -0.05) is 12.1 Å². The fourth-order valence-electron chi connectivity index (χ4n) is 3.56. The lowest BCUT2D eigenvalue weighted by molar-refractivity contribution is -0.137. The molecule has 0 bridgehead atoms. The molecule has 0 saturated heterocycles. The molecule has 2 aliphatic rings. The molecule has 7 heteroatoms. The third kappa shape index (κ3) is 4.44. The van der Waals surface area contributed by atoms with Gasteiger partial charge in [-0.15, -0.1) is 0 Å². The fraction of sp³-hybridized carbons (Fsp3) is 0.364. The van der Waals surface area contributed by atoms with Crippen LogP contribution in [0.15, 0.2) is 41.4 Å². The Morgan fingerprint density at radius 2 is 1.69 bits per heavy atom. The van der Waals surface area contributed by atoms with Gasteiger partial charge in [0.05, 0.1) is 18.8 Å². The van der Waals surface area contributed by atoms with Crippen LogP contribution < -0.4 is 9.47 Å². The summed E-state index contributed by atoms with van der Waals surface area (Å²) in [5, 5.41) is 0. The molecule has 0 saturated carbocycles. The number of nitrogens with zero attached hydrogens (tertiary/aromatic N) is 1. The van der Waals surface area contributed by atoms with Gasteiger partial charge in [0.2, 0.25) is 0 Å². The summed E-state index contributed by atoms with van der Waals surface area (Å²) < 4.78 is 49.5. The molecule has 0 aliphatic carbocycles. The Labute approximate surface area is 166 Å². The summed E-state index contributed by atoms with van der Waals surface area (Å²) in [6.45, 7) is 1.78. The Morgan fingerprint density at radius 3 is 2.38 bits per heavy atom. The van der Waals surface area contributed by atoms with Gasteiger partial charge in [0.1, 0.15) is 5.78 Å². The van der Waals surface area contributed by atoms with Crippen molar-refractivity contribution >= 4 is 11.5 Å². The van der Waals surface area contributed by atoms with Crippen molar-refractivity contribution in [3.05, 3.63) is 58.7 Å². The average Bonchev–Trinajstić information content (AvgIpc) is 2.91. The molecular formula is C22H20F3NO3. The van der Waals surface area contributed by atoms with Gasteiger partial charge in [0.25, 0.3) is 0 Å². The van der Waals surface area contributed by atoms with Crippen LogP contribution in [0, 0.1) is 0 Å². The Bertz CT molecular complexity index is 949. The minimum absolute atomic E-state index is 0.0665. The fourth-order valence-corrected chi connectivity index (χ4v) is 3.56. The van der Waals surface area contributed by atoms with E-state index in [2.05, 4.69) is 4.99 Å². The van der Waals surface area contributed by atoms with Crippen LogP contribution in [0.1, 0.15) is 35.1 Å². The molecule has 0 spiro atoms. The molecule has 29 heavy (non-hydrogen) atoms. The third-order valence-corrected chi connectivity index (χ3v) is 5.02. The molecule has 2 aromatic rings. The van der Waals surface area contributed by atoms with Crippen LogP contribution in [0.25, 0.3) is 0 Å². The molecule has 4 rings (SSSR count). The first-order valence-electron chi connectivity index (χ1n) is 9.54. The summed E-state index contributed by atoms with van der Waals surface area (Å²) in [6, 6.07) is 8.56. The Balaban J connectivity index is 1.48. The lowest BCUT2D eigenvalue weighted by Crippen LogP contribution is -2.18. The van der Waals surface area contributed by atoms with Gasteiger partial charge in [-0.2, -0.15) is 13.2 Å². The molecule has 2 aromatic carbocycles. The minimum atomic E-state index is -4.38. The number of ether oxygens (including phenoxy) is 2. The topological polar surface area (TPSA) is 47.9 Å². The van der Waals surface area contributed by atoms with E-state index in [1.165, 1.54) is 12.1 Å². The zero-order valence-corrected chi connectivity index (χ0v) is 15.7. The van der Waals surface area contributed by atoms with Crippen LogP contribution in [0.3, 0.4) is 0 Å². The summed E-state index contributed by atoms with van der Waals surface area (Å²) >= 11 is 0. The van der Waals surface area contributed by atoms with E-state index in [0.717, 1.165) is 41.9 Å². The second-order valence-electron chi connectivity index (χ2n) is 7.17. The monoisotopic (exact) mass is 403 g/mol. The van der Waals surface area contributed by atoms with Crippen molar-refractivity contribution in [3.8, 4) is 11.5 Å². The zero-order valence-electron chi connectivity index (χ0n) is 15.7. The normalized spacial score (nSPS) is 15.9. The second kappa shape index (κ2) is 7.89. The van der Waals surface area contributed by atoms with Crippen molar-refractivity contribution in [1.82, 2.24) is 0 Å². The van der Waals surface area contributed by atoms with Crippen molar-refractivity contribution in [2.45, 2.75) is 31.9 Å². The van der Waals surface area contributed by atoms with Gasteiger partial charge in [-0.25, -0.2) is 0 Å². The first-order chi connectivity index (χ1) is 13.9. The molecule has 4 nitrogen and oxygen atoms in total. The van der Waals surface area contributed by atoms with Crippen molar-refractivity contribution in [2.24, 2.45) is 4.99 Å². The number of Topliss-reactive ketones (excluding diaryl/α,β-unsaturated/α-hetero) is 1. The van der Waals surface area contributed by atoms with Crippen LogP contribution >= 0.6 is 0 Å². The number of carbonyl (C=O) groups excluding carboxylic acids is 1. The molecule has 0 N–H and O–H groups in total. The van der Waals surface area contributed by atoms with E-state index in [1.54, 1.807) is 0 Å². The van der Waals surface area contributed by atoms with Gasteiger partial charge >= 0.3 is 6.18 Å². The van der Waals surface area contributed by atoms with Gasteiger partial charge in [-0.3, -0.25) is 9.79 Å². The number of hydrogen-bond acceptors (Lipinski definition) is 4. The number of benzene rings is 2. The van der Waals surface area contributed by atoms with Gasteiger partial charge in [0, 0.05) is 37.1 Å². The number of ketones is 1. The highest BCUT2D eigenvalue weighted by atomic mass is 19.4. The van der Waals surface area contributed by atoms with Gasteiger partial charge < -0.3 is 9.47 Å². The lowest BCUT2D eigenvalue weighted by Gasteiger charge is -2.19. The second-order valence-corrected chi connectivity index (χ2v) is 7.17. The van der Waals surface area contributed by atoms with Gasteiger partial charge in [-0.05, 0) is 41.8 Å². The zero-order chi connectivity index (χ0) is 20.4. The largest absolute Gasteiger partial charge is 0.490 e. The lowest BCUT2D eigenvalue weighted by atomic mass is 9.93. The van der Waals surface area contributed by atoms with Crippen molar-refractivity contribution in [1.29, 1.82) is 0 Å². The first-order valence-corrected chi connectivity index (χ1v) is 9.54. The predicted molar refractivity (Wildman–Crippen MR) is 102 cm³/mol. The molecule has 2 heterocycles. The summed E-state index contributed by atoms with van der Waals surface area (Å²) in [7, 11) is 0. The molecule has 152 valence electrons. The van der Waals surface area contributed by atoms with Crippen LogP contribution in [0.4, 0.5) is 13.2 Å². The van der Waals surface area contributed by atoms with Gasteiger partial charge in [0.15, 0.2) is 11.5 Å². The molecule has 0 atom stereocenters. The van der Waals surface area contributed by atoms with Crippen LogP contribution in [0.2, 0.25) is 0 Å². The summed E-state index contributed by atoms with van der Waals surface area (Å²) in [5.41, 5.74) is 2.49. The molecule has 0 aromatic heterocycles. The van der Waals surface area contributed by atoms with Crippen molar-refractivity contribution in [3.63, 3.8) is 0 Å². The van der Waals surface area contributed by atoms with Crippen molar-refractivity contribution in [2.75, 3.05) is 19.8 Å². The highest BCUT2D eigenvalue weighted by molar-refractivity contribution is 6.12. The third-order valence-electron chi connectivity index (χ3n) is 5.02. The number of carbonyl (C=O) groups is 1. The summed E-state index contributed by atoms with van der Waals surface area (Å²) in [6.07, 6.45) is -2.61. The summed E-state index contributed by atoms with van der Waals surface area (Å²) in [5.74, 6) is 1.29. The minimum Gasteiger partial charge on any atom is -0.490 e. The maximum atomic E-state index is 12.7. The van der Waals surface area contributed by atoms with E-state index in [9.17, 15) is 18.0 Å². The van der Waals surface area contributed by atoms with Crippen LogP contribution in [-0.4, -0.2) is 31.3 Å². The molecule has 0 fully saturated rings. The number of halogens is 3. The maximum absolute atomic E-state index is 12.7. The van der Waals surface area contributed by atoms with E-state index in [1.807, 2.05) is 12.1 Å². The van der Waals surface area contributed by atoms with E-state index in [0.29, 0.717) is 36.8 Å². The molecule has 0 amide bonds. The standard InChI is InChI=1S/C22H20F3NO3/c23-22(24,25)16-4-2-14(3-5-16)10-17(27)12-19-18-13-21-20(28-8-1-9-29-21)11-15(18)6-7-26-19/h2-5,11,13H,1,6-10,12H2. The molecule has 2 aliphatic heterocycles. The quantitative estimate of drug-likeness (QED) is 0.760. The summed E-state index contributed by atoms with van der Waals surface area (Å²) in [4.78, 5) is 17.1. The van der Waals surface area contributed by atoms with Crippen molar-refractivity contribution < 1.29 is 27.4 Å². The first kappa shape index (κ1) is 19.5. The maximum Gasteiger partial charge on any atom is 0.416 e. The number of rotatable bonds is 4. The number of aliphatic imine (C=N–C) groups is 1. The van der Waals surface area contributed by atoms with E-state index >= 15 is 0 Å². The number of alkyl halides is 3. The van der Waals surface area contributed by atoms with Crippen LogP contribution in [-0.2, 0) is 23.8 Å². The smallest absolute Gasteiger partial charge is 0.416 e. The Morgan fingerprint density at radius 1 is 1.00 bits per heavy atom. The number of fused-ring (bicyclic) bond motifs is 2. The Hall–Kier alpha value is -2.83. The highest BCUT2D eigenvalue weighted by Gasteiger charge is 2.30. The molecule has 0 unspecified atom stereocenters. The molecular weight excluding hydrogens is 383 g/mol. The highest BCUT2D eigenvalue weighted by Crippen LogP contribution is 2.35. The Kier molecular flexibility index (Phi) is 5.30. The van der Waals surface area contributed by atoms with E-state index in [-0.39, 0.29) is 18.6 Å². The van der Waals surface area contributed by atoms with E-state index in [4.69, 9.17) is 9.47 Å². The number of hydrogen-bond donors (Lipinski definition) is 0.